The fraction of sp³-hybridized carbons (Fsp3) is 0.304. The standard InChI is InChI=1S/C16H14BrNO3.C7H12O2/c1-20-15-9-11(6-8-16(18)19)5-7-14(15)21-13-4-2-3-12(17)10-13;8-7(9)6-4-2-1-3-5-6/h2-10H,1H3,(H2,18,19);6H,1-5H2,(H,8,9)/b8-6+;. The van der Waals surface area contributed by atoms with Gasteiger partial charge in [-0.25, -0.2) is 0 Å². The monoisotopic (exact) mass is 475 g/mol. The van der Waals surface area contributed by atoms with E-state index in [2.05, 4.69) is 15.9 Å². The van der Waals surface area contributed by atoms with Crippen LogP contribution < -0.4 is 15.2 Å². The van der Waals surface area contributed by atoms with Crippen molar-refractivity contribution in [2.24, 2.45) is 11.7 Å². The first-order valence-electron chi connectivity index (χ1n) is 9.71. The Morgan fingerprint density at radius 3 is 2.40 bits per heavy atom. The van der Waals surface area contributed by atoms with Crippen molar-refractivity contribution >= 4 is 33.9 Å². The van der Waals surface area contributed by atoms with Gasteiger partial charge in [0.15, 0.2) is 11.5 Å². The minimum absolute atomic E-state index is 0.0289. The molecule has 1 aliphatic rings. The molecular weight excluding hydrogens is 450 g/mol. The summed E-state index contributed by atoms with van der Waals surface area (Å²) in [6.07, 6.45) is 8.15. The van der Waals surface area contributed by atoms with Gasteiger partial charge in [-0.3, -0.25) is 9.59 Å². The number of hydrogen-bond acceptors (Lipinski definition) is 4. The lowest BCUT2D eigenvalue weighted by atomic mass is 9.90. The maximum Gasteiger partial charge on any atom is 0.306 e. The zero-order valence-corrected chi connectivity index (χ0v) is 18.4. The van der Waals surface area contributed by atoms with Gasteiger partial charge in [-0.2, -0.15) is 0 Å². The normalized spacial score (nSPS) is 13.9. The maximum atomic E-state index is 10.7. The van der Waals surface area contributed by atoms with Crippen LogP contribution in [0.2, 0.25) is 0 Å². The Labute approximate surface area is 184 Å². The number of ether oxygens (including phenoxy) is 2. The average Bonchev–Trinajstić information content (AvgIpc) is 2.74. The predicted octanol–water partition coefficient (Wildman–Crippen LogP) is 5.40. The van der Waals surface area contributed by atoms with E-state index in [-0.39, 0.29) is 5.92 Å². The summed E-state index contributed by atoms with van der Waals surface area (Å²) >= 11 is 3.39. The quantitative estimate of drug-likeness (QED) is 0.544. The number of hydrogen-bond donors (Lipinski definition) is 2. The van der Waals surface area contributed by atoms with E-state index < -0.39 is 11.9 Å². The van der Waals surface area contributed by atoms with Crippen molar-refractivity contribution in [1.82, 2.24) is 0 Å². The second-order valence-corrected chi connectivity index (χ2v) is 7.79. The summed E-state index contributed by atoms with van der Waals surface area (Å²) < 4.78 is 12.0. The van der Waals surface area contributed by atoms with Gasteiger partial charge in [0.25, 0.3) is 0 Å². The number of primary amides is 1. The van der Waals surface area contributed by atoms with Gasteiger partial charge in [-0.1, -0.05) is 47.3 Å². The van der Waals surface area contributed by atoms with E-state index in [9.17, 15) is 9.59 Å². The fourth-order valence-corrected chi connectivity index (χ4v) is 3.44. The van der Waals surface area contributed by atoms with Gasteiger partial charge in [0.05, 0.1) is 13.0 Å². The topological polar surface area (TPSA) is 98.9 Å². The summed E-state index contributed by atoms with van der Waals surface area (Å²) in [4.78, 5) is 21.1. The summed E-state index contributed by atoms with van der Waals surface area (Å²) in [5, 5.41) is 8.54. The molecule has 1 fully saturated rings. The maximum absolute atomic E-state index is 10.7. The first-order valence-corrected chi connectivity index (χ1v) is 10.5. The van der Waals surface area contributed by atoms with Gasteiger partial charge in [-0.15, -0.1) is 0 Å². The van der Waals surface area contributed by atoms with Crippen molar-refractivity contribution in [1.29, 1.82) is 0 Å². The molecule has 0 aliphatic heterocycles. The summed E-state index contributed by atoms with van der Waals surface area (Å²) in [6.45, 7) is 0. The molecule has 30 heavy (non-hydrogen) atoms. The number of carboxylic acids is 1. The summed E-state index contributed by atoms with van der Waals surface area (Å²) in [5.74, 6) is 0.730. The molecule has 160 valence electrons. The smallest absolute Gasteiger partial charge is 0.306 e. The second kappa shape index (κ2) is 12.0. The van der Waals surface area contributed by atoms with E-state index in [1.165, 1.54) is 12.5 Å². The molecule has 0 heterocycles. The minimum atomic E-state index is -0.602. The molecule has 7 heteroatoms. The predicted molar refractivity (Wildman–Crippen MR) is 120 cm³/mol. The Hall–Kier alpha value is -2.80. The summed E-state index contributed by atoms with van der Waals surface area (Å²) in [5.41, 5.74) is 5.87. The molecule has 2 aromatic carbocycles. The Morgan fingerprint density at radius 1 is 1.10 bits per heavy atom. The highest BCUT2D eigenvalue weighted by atomic mass is 79.9. The van der Waals surface area contributed by atoms with Gasteiger partial charge in [-0.05, 0) is 54.8 Å². The Kier molecular flexibility index (Phi) is 9.41. The SMILES string of the molecule is COc1cc(/C=C/C(N)=O)ccc1Oc1cccc(Br)c1.O=C(O)C1CCCCC1. The molecule has 1 aliphatic carbocycles. The highest BCUT2D eigenvalue weighted by Gasteiger charge is 2.19. The van der Waals surface area contributed by atoms with Crippen molar-refractivity contribution in [3.63, 3.8) is 0 Å². The molecule has 0 saturated heterocycles. The molecule has 0 atom stereocenters. The zero-order chi connectivity index (χ0) is 21.9. The Bertz CT molecular complexity index is 891. The molecule has 1 amide bonds. The number of carbonyl (C=O) groups excluding carboxylic acids is 1. The van der Waals surface area contributed by atoms with E-state index in [0.717, 1.165) is 35.7 Å². The molecule has 6 nitrogen and oxygen atoms in total. The fourth-order valence-electron chi connectivity index (χ4n) is 3.06. The van der Waals surface area contributed by atoms with E-state index in [4.69, 9.17) is 20.3 Å². The number of methoxy groups -OCH3 is 1. The lowest BCUT2D eigenvalue weighted by molar-refractivity contribution is -0.142. The molecule has 0 aromatic heterocycles. The lowest BCUT2D eigenvalue weighted by Crippen LogP contribution is -2.16. The minimum Gasteiger partial charge on any atom is -0.493 e. The van der Waals surface area contributed by atoms with Crippen LogP contribution >= 0.6 is 15.9 Å². The van der Waals surface area contributed by atoms with E-state index in [1.807, 2.05) is 30.3 Å². The highest BCUT2D eigenvalue weighted by molar-refractivity contribution is 9.10. The van der Waals surface area contributed by atoms with Crippen molar-refractivity contribution in [2.45, 2.75) is 32.1 Å². The largest absolute Gasteiger partial charge is 0.493 e. The lowest BCUT2D eigenvalue weighted by Gasteiger charge is -2.16. The van der Waals surface area contributed by atoms with Gasteiger partial charge < -0.3 is 20.3 Å². The number of rotatable bonds is 6. The van der Waals surface area contributed by atoms with Crippen molar-refractivity contribution in [3.05, 3.63) is 58.6 Å². The number of amides is 1. The van der Waals surface area contributed by atoms with Crippen LogP contribution in [0, 0.1) is 5.92 Å². The number of aliphatic carboxylic acids is 1. The number of benzene rings is 2. The summed E-state index contributed by atoms with van der Waals surface area (Å²) in [7, 11) is 1.56. The van der Waals surface area contributed by atoms with Crippen LogP contribution in [0.3, 0.4) is 0 Å². The third-order valence-corrected chi connectivity index (χ3v) is 5.10. The second-order valence-electron chi connectivity index (χ2n) is 6.88. The van der Waals surface area contributed by atoms with Crippen molar-refractivity contribution in [2.75, 3.05) is 7.11 Å². The van der Waals surface area contributed by atoms with Crippen molar-refractivity contribution < 1.29 is 24.2 Å². The molecular formula is C23H26BrNO5. The van der Waals surface area contributed by atoms with Crippen LogP contribution in [0.25, 0.3) is 6.08 Å². The third-order valence-electron chi connectivity index (χ3n) is 4.61. The van der Waals surface area contributed by atoms with Crippen LogP contribution in [-0.2, 0) is 9.59 Å². The third kappa shape index (κ3) is 7.91. The number of halogens is 1. The zero-order valence-electron chi connectivity index (χ0n) is 16.8. The van der Waals surface area contributed by atoms with Gasteiger partial charge in [0, 0.05) is 10.5 Å². The van der Waals surface area contributed by atoms with Crippen LogP contribution in [0.15, 0.2) is 53.0 Å². The molecule has 0 radical (unpaired) electrons. The number of carbonyl (C=O) groups is 2. The first kappa shape index (κ1) is 23.5. The van der Waals surface area contributed by atoms with Crippen molar-refractivity contribution in [3.8, 4) is 17.2 Å². The molecule has 0 unspecified atom stereocenters. The van der Waals surface area contributed by atoms with Crippen LogP contribution in [0.5, 0.6) is 17.2 Å². The Morgan fingerprint density at radius 2 is 1.83 bits per heavy atom. The average molecular weight is 476 g/mol. The molecule has 2 aromatic rings. The van der Waals surface area contributed by atoms with E-state index >= 15 is 0 Å². The number of carboxylic acid groups (broad SMARTS) is 1. The van der Waals surface area contributed by atoms with E-state index in [1.54, 1.807) is 25.3 Å². The van der Waals surface area contributed by atoms with Gasteiger partial charge in [0.2, 0.25) is 5.91 Å². The van der Waals surface area contributed by atoms with Gasteiger partial charge >= 0.3 is 5.97 Å². The van der Waals surface area contributed by atoms with E-state index in [0.29, 0.717) is 17.2 Å². The molecule has 1 saturated carbocycles. The molecule has 3 N–H and O–H groups in total. The molecule has 0 spiro atoms. The van der Waals surface area contributed by atoms with Crippen LogP contribution in [-0.4, -0.2) is 24.1 Å². The molecule has 0 bridgehead atoms. The molecule has 3 rings (SSSR count). The number of nitrogens with two attached hydrogens (primary N) is 1. The van der Waals surface area contributed by atoms with Gasteiger partial charge in [0.1, 0.15) is 5.75 Å². The summed E-state index contributed by atoms with van der Waals surface area (Å²) in [6, 6.07) is 12.9. The van der Waals surface area contributed by atoms with Crippen LogP contribution in [0.1, 0.15) is 37.7 Å². The first-order chi connectivity index (χ1) is 14.4. The Balaban J connectivity index is 0.000000297. The highest BCUT2D eigenvalue weighted by Crippen LogP contribution is 2.33. The van der Waals surface area contributed by atoms with Crippen LogP contribution in [0.4, 0.5) is 0 Å².